The first-order chi connectivity index (χ1) is 14.8. The number of aliphatic hydroxyl groups excluding tert-OH is 2. The van der Waals surface area contributed by atoms with E-state index in [4.69, 9.17) is 4.74 Å². The molecule has 0 atom stereocenters. The van der Waals surface area contributed by atoms with Gasteiger partial charge in [-0.25, -0.2) is 0 Å². The fraction of sp³-hybridized carbons (Fsp3) is 0.360. The third-order valence-electron chi connectivity index (χ3n) is 5.08. The average Bonchev–Trinajstić information content (AvgIpc) is 3.33. The topological polar surface area (TPSA) is 61.7 Å². The van der Waals surface area contributed by atoms with Crippen molar-refractivity contribution in [2.45, 2.75) is 38.3 Å². The predicted molar refractivity (Wildman–Crippen MR) is 124 cm³/mol. The zero-order valence-electron chi connectivity index (χ0n) is 17.3. The van der Waals surface area contributed by atoms with Crippen LogP contribution >= 0.6 is 11.3 Å². The Kier molecular flexibility index (Phi) is 9.38. The highest BCUT2D eigenvalue weighted by Gasteiger charge is 2.11. The van der Waals surface area contributed by atoms with Crippen LogP contribution in [-0.4, -0.2) is 36.1 Å². The summed E-state index contributed by atoms with van der Waals surface area (Å²) >= 11 is 1.70. The van der Waals surface area contributed by atoms with E-state index < -0.39 is 0 Å². The number of aliphatic hydroxyl groups is 2. The number of aryl methyl sites for hydroxylation is 1. The van der Waals surface area contributed by atoms with Crippen LogP contribution in [0.15, 0.2) is 66.0 Å². The van der Waals surface area contributed by atoms with E-state index in [9.17, 15) is 10.2 Å². The first-order valence-electron chi connectivity index (χ1n) is 10.6. The third kappa shape index (κ3) is 6.96. The maximum atomic E-state index is 9.24. The summed E-state index contributed by atoms with van der Waals surface area (Å²) in [4.78, 5) is 1.18. The number of benzene rings is 2. The second-order valence-electron chi connectivity index (χ2n) is 7.40. The van der Waals surface area contributed by atoms with Gasteiger partial charge in [0.2, 0.25) is 0 Å². The maximum absolute atomic E-state index is 9.24. The van der Waals surface area contributed by atoms with Gasteiger partial charge in [0, 0.05) is 17.0 Å². The van der Waals surface area contributed by atoms with Crippen molar-refractivity contribution in [2.75, 3.05) is 19.8 Å². The van der Waals surface area contributed by atoms with Gasteiger partial charge in [-0.15, -0.1) is 11.3 Å². The minimum atomic E-state index is -0.304. The standard InChI is InChI=1S/C25H31NO3S/c27-18-22(19-28)26-17-21-12-13-24(23(16-21)25-11-7-15-30-25)29-14-6-2-5-10-20-8-3-1-4-9-20/h1,3-4,7-9,11-13,15-16,22,26-28H,2,5-6,10,14,17-19H2. The summed E-state index contributed by atoms with van der Waals surface area (Å²) in [7, 11) is 0. The lowest BCUT2D eigenvalue weighted by Gasteiger charge is -2.15. The van der Waals surface area contributed by atoms with Crippen molar-refractivity contribution < 1.29 is 14.9 Å². The van der Waals surface area contributed by atoms with Crippen LogP contribution in [-0.2, 0) is 13.0 Å². The number of nitrogens with one attached hydrogen (secondary N) is 1. The van der Waals surface area contributed by atoms with Gasteiger partial charge in [-0.1, -0.05) is 42.5 Å². The molecule has 0 amide bonds. The Hall–Kier alpha value is -2.18. The lowest BCUT2D eigenvalue weighted by molar-refractivity contribution is 0.170. The summed E-state index contributed by atoms with van der Waals surface area (Å²) < 4.78 is 6.14. The van der Waals surface area contributed by atoms with Crippen LogP contribution in [0, 0.1) is 0 Å². The van der Waals surface area contributed by atoms with Crippen LogP contribution in [0.5, 0.6) is 5.75 Å². The van der Waals surface area contributed by atoms with Crippen molar-refractivity contribution in [2.24, 2.45) is 0 Å². The van der Waals surface area contributed by atoms with Gasteiger partial charge in [0.1, 0.15) is 5.75 Å². The van der Waals surface area contributed by atoms with Crippen LogP contribution < -0.4 is 10.1 Å². The van der Waals surface area contributed by atoms with Gasteiger partial charge in [0.25, 0.3) is 0 Å². The van der Waals surface area contributed by atoms with Crippen molar-refractivity contribution in [1.29, 1.82) is 0 Å². The van der Waals surface area contributed by atoms with E-state index in [-0.39, 0.29) is 19.3 Å². The molecule has 0 radical (unpaired) electrons. The molecule has 1 heterocycles. The van der Waals surface area contributed by atoms with Crippen molar-refractivity contribution in [3.05, 3.63) is 77.2 Å². The smallest absolute Gasteiger partial charge is 0.127 e. The fourth-order valence-electron chi connectivity index (χ4n) is 3.32. The molecule has 0 aliphatic rings. The average molecular weight is 426 g/mol. The molecule has 3 rings (SSSR count). The van der Waals surface area contributed by atoms with E-state index in [2.05, 4.69) is 53.2 Å². The number of thiophene rings is 1. The Labute approximate surface area is 183 Å². The molecule has 4 nitrogen and oxygen atoms in total. The van der Waals surface area contributed by atoms with Crippen LogP contribution in [0.4, 0.5) is 0 Å². The van der Waals surface area contributed by atoms with Crippen molar-refractivity contribution >= 4 is 11.3 Å². The number of rotatable bonds is 13. The molecule has 3 N–H and O–H groups in total. The Morgan fingerprint density at radius 3 is 2.43 bits per heavy atom. The number of hydrogen-bond acceptors (Lipinski definition) is 5. The molecule has 0 aliphatic carbocycles. The largest absolute Gasteiger partial charge is 0.493 e. The number of unbranched alkanes of at least 4 members (excludes halogenated alkanes) is 2. The molecule has 2 aromatic carbocycles. The zero-order valence-corrected chi connectivity index (χ0v) is 18.1. The normalized spacial score (nSPS) is 11.2. The molecular formula is C25H31NO3S. The highest BCUT2D eigenvalue weighted by atomic mass is 32.1. The number of ether oxygens (including phenoxy) is 1. The van der Waals surface area contributed by atoms with E-state index in [0.717, 1.165) is 36.1 Å². The van der Waals surface area contributed by atoms with E-state index >= 15 is 0 Å². The molecule has 30 heavy (non-hydrogen) atoms. The van der Waals surface area contributed by atoms with Crippen molar-refractivity contribution in [1.82, 2.24) is 5.32 Å². The molecular weight excluding hydrogens is 394 g/mol. The molecule has 0 aliphatic heterocycles. The van der Waals surface area contributed by atoms with Crippen molar-refractivity contribution in [3.8, 4) is 16.2 Å². The first-order valence-corrected chi connectivity index (χ1v) is 11.5. The van der Waals surface area contributed by atoms with Gasteiger partial charge < -0.3 is 20.3 Å². The molecule has 0 saturated heterocycles. The van der Waals surface area contributed by atoms with E-state index in [1.54, 1.807) is 11.3 Å². The predicted octanol–water partition coefficient (Wildman–Crippen LogP) is 4.65. The Balaban J connectivity index is 1.53. The SMILES string of the molecule is OCC(CO)NCc1ccc(OCCCCCc2ccccc2)c(-c2cccs2)c1. The van der Waals surface area contributed by atoms with Crippen LogP contribution in [0.3, 0.4) is 0 Å². The van der Waals surface area contributed by atoms with Gasteiger partial charge in [-0.2, -0.15) is 0 Å². The van der Waals surface area contributed by atoms with Crippen LogP contribution in [0.1, 0.15) is 30.4 Å². The molecule has 3 aromatic rings. The third-order valence-corrected chi connectivity index (χ3v) is 5.98. The Morgan fingerprint density at radius 2 is 1.70 bits per heavy atom. The summed E-state index contributed by atoms with van der Waals surface area (Å²) in [6.07, 6.45) is 4.47. The summed E-state index contributed by atoms with van der Waals surface area (Å²) in [6.45, 7) is 1.13. The molecule has 0 unspecified atom stereocenters. The van der Waals surface area contributed by atoms with Gasteiger partial charge in [0.15, 0.2) is 0 Å². The Morgan fingerprint density at radius 1 is 0.867 bits per heavy atom. The van der Waals surface area contributed by atoms with Gasteiger partial charge in [0.05, 0.1) is 25.9 Å². The minimum Gasteiger partial charge on any atom is -0.493 e. The maximum Gasteiger partial charge on any atom is 0.127 e. The zero-order chi connectivity index (χ0) is 21.0. The molecule has 0 spiro atoms. The second-order valence-corrected chi connectivity index (χ2v) is 8.34. The molecule has 1 aromatic heterocycles. The van der Waals surface area contributed by atoms with E-state index in [1.807, 2.05) is 18.2 Å². The molecule has 0 bridgehead atoms. The summed E-state index contributed by atoms with van der Waals surface area (Å²) in [5, 5.41) is 23.7. The first kappa shape index (κ1) is 22.5. The Bertz CT molecular complexity index is 848. The molecule has 0 saturated carbocycles. The summed E-state index contributed by atoms with van der Waals surface area (Å²) in [6, 6.07) is 20.7. The van der Waals surface area contributed by atoms with Crippen LogP contribution in [0.25, 0.3) is 10.4 Å². The van der Waals surface area contributed by atoms with Crippen molar-refractivity contribution in [3.63, 3.8) is 0 Å². The second kappa shape index (κ2) is 12.5. The van der Waals surface area contributed by atoms with Gasteiger partial charge >= 0.3 is 0 Å². The monoisotopic (exact) mass is 425 g/mol. The van der Waals surface area contributed by atoms with E-state index in [1.165, 1.54) is 16.9 Å². The fourth-order valence-corrected chi connectivity index (χ4v) is 4.07. The van der Waals surface area contributed by atoms with Crippen LogP contribution in [0.2, 0.25) is 0 Å². The van der Waals surface area contributed by atoms with E-state index in [0.29, 0.717) is 13.2 Å². The highest BCUT2D eigenvalue weighted by Crippen LogP contribution is 2.34. The number of hydrogen-bond donors (Lipinski definition) is 3. The molecule has 160 valence electrons. The lowest BCUT2D eigenvalue weighted by Crippen LogP contribution is -2.35. The quantitative estimate of drug-likeness (QED) is 0.349. The van der Waals surface area contributed by atoms with Gasteiger partial charge in [-0.05, 0) is 60.4 Å². The lowest BCUT2D eigenvalue weighted by atomic mass is 10.1. The molecule has 5 heteroatoms. The summed E-state index contributed by atoms with van der Waals surface area (Å²) in [5.41, 5.74) is 3.59. The molecule has 0 fully saturated rings. The minimum absolute atomic E-state index is 0.0836. The summed E-state index contributed by atoms with van der Waals surface area (Å²) in [5.74, 6) is 0.908. The highest BCUT2D eigenvalue weighted by molar-refractivity contribution is 7.13. The van der Waals surface area contributed by atoms with Gasteiger partial charge in [-0.3, -0.25) is 0 Å².